The number of rotatable bonds is 10. The number of benzene rings is 1. The van der Waals surface area contributed by atoms with Crippen LogP contribution < -0.4 is 14.2 Å². The Labute approximate surface area is 154 Å². The summed E-state index contributed by atoms with van der Waals surface area (Å²) in [5, 5.41) is 0. The molecule has 0 aliphatic rings. The van der Waals surface area contributed by atoms with Gasteiger partial charge in [0.05, 0.1) is 23.4 Å². The Bertz CT molecular complexity index is 560. The topological polar surface area (TPSA) is 80.3 Å². The largest absolute Gasteiger partial charge is 0.492 e. The highest BCUT2D eigenvalue weighted by molar-refractivity contribution is 14.1. The van der Waals surface area contributed by atoms with Crippen LogP contribution in [-0.4, -0.2) is 45.0 Å². The second-order valence-electron chi connectivity index (χ2n) is 4.35. The average molecular weight is 452 g/mol. The molecule has 0 saturated carbocycles. The third kappa shape index (κ3) is 6.81. The maximum atomic E-state index is 11.4. The molecule has 24 heavy (non-hydrogen) atoms. The van der Waals surface area contributed by atoms with E-state index in [0.29, 0.717) is 27.4 Å². The van der Waals surface area contributed by atoms with Crippen molar-refractivity contribution in [2.75, 3.05) is 33.0 Å². The molecule has 0 fully saturated rings. The van der Waals surface area contributed by atoms with Gasteiger partial charge in [0.2, 0.25) is 0 Å². The van der Waals surface area contributed by atoms with Crippen LogP contribution in [0.15, 0.2) is 12.1 Å². The molecule has 134 valence electrons. The lowest BCUT2D eigenvalue weighted by molar-refractivity contribution is -0.146. The van der Waals surface area contributed by atoms with Gasteiger partial charge in [0.1, 0.15) is 17.2 Å². The standard InChI is InChI=1S/C16H21IO7/c1-4-20-12-7-11(23-9-14(18)21-5-2)8-13(16(12)17)24-10-15(19)22-6-3/h7-8H,4-6,9-10H2,1-3H3. The molecule has 0 bridgehead atoms. The fourth-order valence-electron chi connectivity index (χ4n) is 1.68. The second-order valence-corrected chi connectivity index (χ2v) is 5.43. The summed E-state index contributed by atoms with van der Waals surface area (Å²) in [6.07, 6.45) is 0. The molecule has 0 saturated heterocycles. The normalized spacial score (nSPS) is 10.0. The fourth-order valence-corrected chi connectivity index (χ4v) is 2.30. The van der Waals surface area contributed by atoms with Gasteiger partial charge in [-0.3, -0.25) is 0 Å². The molecule has 0 aliphatic carbocycles. The second kappa shape index (κ2) is 11.0. The molecule has 1 aromatic carbocycles. The Morgan fingerprint density at radius 3 is 1.83 bits per heavy atom. The van der Waals surface area contributed by atoms with Crippen molar-refractivity contribution in [3.05, 3.63) is 15.7 Å². The van der Waals surface area contributed by atoms with Crippen molar-refractivity contribution in [1.29, 1.82) is 0 Å². The predicted octanol–water partition coefficient (Wildman–Crippen LogP) is 2.57. The van der Waals surface area contributed by atoms with E-state index in [2.05, 4.69) is 22.6 Å². The first kappa shape index (κ1) is 20.3. The molecule has 0 spiro atoms. The lowest BCUT2D eigenvalue weighted by Gasteiger charge is -2.14. The third-order valence-corrected chi connectivity index (χ3v) is 3.66. The van der Waals surface area contributed by atoms with E-state index in [1.54, 1.807) is 26.0 Å². The summed E-state index contributed by atoms with van der Waals surface area (Å²) in [6, 6.07) is 3.24. The SMILES string of the molecule is CCOC(=O)COc1cc(OCC)c(I)c(OCC(=O)OCC)c1. The van der Waals surface area contributed by atoms with E-state index in [4.69, 9.17) is 23.7 Å². The Morgan fingerprint density at radius 1 is 0.833 bits per heavy atom. The minimum absolute atomic E-state index is 0.225. The molecule has 0 radical (unpaired) electrons. The van der Waals surface area contributed by atoms with Crippen molar-refractivity contribution in [2.24, 2.45) is 0 Å². The van der Waals surface area contributed by atoms with Gasteiger partial charge in [-0.25, -0.2) is 9.59 Å². The number of carbonyl (C=O) groups is 2. The van der Waals surface area contributed by atoms with Crippen LogP contribution in [-0.2, 0) is 19.1 Å². The van der Waals surface area contributed by atoms with Crippen LogP contribution in [0.2, 0.25) is 0 Å². The highest BCUT2D eigenvalue weighted by atomic mass is 127. The van der Waals surface area contributed by atoms with Crippen molar-refractivity contribution in [3.63, 3.8) is 0 Å². The van der Waals surface area contributed by atoms with E-state index in [-0.39, 0.29) is 26.4 Å². The average Bonchev–Trinajstić information content (AvgIpc) is 2.55. The summed E-state index contributed by atoms with van der Waals surface area (Å²) in [6.45, 7) is 5.86. The molecular formula is C16H21IO7. The summed E-state index contributed by atoms with van der Waals surface area (Å²) >= 11 is 2.05. The van der Waals surface area contributed by atoms with Gasteiger partial charge >= 0.3 is 11.9 Å². The van der Waals surface area contributed by atoms with Gasteiger partial charge in [-0.1, -0.05) is 0 Å². The molecule has 0 atom stereocenters. The quantitative estimate of drug-likeness (QED) is 0.399. The maximum Gasteiger partial charge on any atom is 0.344 e. The smallest absolute Gasteiger partial charge is 0.344 e. The van der Waals surface area contributed by atoms with E-state index in [1.165, 1.54) is 0 Å². The van der Waals surface area contributed by atoms with Crippen LogP contribution in [0.1, 0.15) is 20.8 Å². The number of hydrogen-bond donors (Lipinski definition) is 0. The van der Waals surface area contributed by atoms with E-state index >= 15 is 0 Å². The molecule has 8 heteroatoms. The Balaban J connectivity index is 2.87. The zero-order valence-electron chi connectivity index (χ0n) is 13.9. The predicted molar refractivity (Wildman–Crippen MR) is 94.6 cm³/mol. The van der Waals surface area contributed by atoms with Crippen molar-refractivity contribution < 1.29 is 33.3 Å². The van der Waals surface area contributed by atoms with Gasteiger partial charge < -0.3 is 23.7 Å². The summed E-state index contributed by atoms with van der Waals surface area (Å²) in [5.41, 5.74) is 0. The molecule has 1 rings (SSSR count). The Morgan fingerprint density at radius 2 is 1.33 bits per heavy atom. The van der Waals surface area contributed by atoms with Crippen LogP contribution in [0.3, 0.4) is 0 Å². The molecule has 0 unspecified atom stereocenters. The van der Waals surface area contributed by atoms with Crippen molar-refractivity contribution in [1.82, 2.24) is 0 Å². The van der Waals surface area contributed by atoms with E-state index < -0.39 is 11.9 Å². The molecule has 1 aromatic rings. The summed E-state index contributed by atoms with van der Waals surface area (Å²) in [5.74, 6) is 0.393. The lowest BCUT2D eigenvalue weighted by Crippen LogP contribution is -2.16. The molecule has 7 nitrogen and oxygen atoms in total. The number of hydrogen-bond acceptors (Lipinski definition) is 7. The molecule has 0 aliphatic heterocycles. The molecule has 0 aromatic heterocycles. The van der Waals surface area contributed by atoms with Crippen molar-refractivity contribution in [2.45, 2.75) is 20.8 Å². The minimum Gasteiger partial charge on any atom is -0.492 e. The third-order valence-electron chi connectivity index (χ3n) is 2.59. The minimum atomic E-state index is -0.469. The molecule has 0 heterocycles. The van der Waals surface area contributed by atoms with Gasteiger partial charge in [-0.2, -0.15) is 0 Å². The van der Waals surface area contributed by atoms with E-state index in [0.717, 1.165) is 0 Å². The van der Waals surface area contributed by atoms with Gasteiger partial charge in [-0.15, -0.1) is 0 Å². The van der Waals surface area contributed by atoms with Crippen molar-refractivity contribution >= 4 is 34.5 Å². The van der Waals surface area contributed by atoms with E-state index in [9.17, 15) is 9.59 Å². The van der Waals surface area contributed by atoms with E-state index in [1.807, 2.05) is 6.92 Å². The number of ether oxygens (including phenoxy) is 5. The van der Waals surface area contributed by atoms with Crippen LogP contribution in [0.4, 0.5) is 0 Å². The zero-order chi connectivity index (χ0) is 17.9. The zero-order valence-corrected chi connectivity index (χ0v) is 16.1. The summed E-state index contributed by atoms with van der Waals surface area (Å²) in [7, 11) is 0. The lowest BCUT2D eigenvalue weighted by atomic mass is 10.3. The first-order valence-electron chi connectivity index (χ1n) is 7.54. The monoisotopic (exact) mass is 452 g/mol. The van der Waals surface area contributed by atoms with Crippen LogP contribution in [0.5, 0.6) is 17.2 Å². The number of esters is 2. The van der Waals surface area contributed by atoms with Crippen LogP contribution in [0.25, 0.3) is 0 Å². The van der Waals surface area contributed by atoms with Gasteiger partial charge in [0.15, 0.2) is 13.2 Å². The Hall–Kier alpha value is -1.71. The first-order chi connectivity index (χ1) is 11.5. The fraction of sp³-hybridized carbons (Fsp3) is 0.500. The van der Waals surface area contributed by atoms with Gasteiger partial charge in [0, 0.05) is 12.1 Å². The molecular weight excluding hydrogens is 431 g/mol. The van der Waals surface area contributed by atoms with Crippen LogP contribution >= 0.6 is 22.6 Å². The summed E-state index contributed by atoms with van der Waals surface area (Å²) < 4.78 is 26.7. The summed E-state index contributed by atoms with van der Waals surface area (Å²) in [4.78, 5) is 22.8. The van der Waals surface area contributed by atoms with Crippen LogP contribution in [0, 0.1) is 3.57 Å². The highest BCUT2D eigenvalue weighted by Gasteiger charge is 2.15. The Kier molecular flexibility index (Phi) is 9.28. The van der Waals surface area contributed by atoms with Gasteiger partial charge in [-0.05, 0) is 43.4 Å². The first-order valence-corrected chi connectivity index (χ1v) is 8.62. The molecule has 0 amide bonds. The van der Waals surface area contributed by atoms with Crippen molar-refractivity contribution in [3.8, 4) is 17.2 Å². The van der Waals surface area contributed by atoms with Gasteiger partial charge in [0.25, 0.3) is 0 Å². The highest BCUT2D eigenvalue weighted by Crippen LogP contribution is 2.35. The number of carbonyl (C=O) groups excluding carboxylic acids is 2. The molecule has 0 N–H and O–H groups in total. The maximum absolute atomic E-state index is 11.4. The number of halogens is 1.